The van der Waals surface area contributed by atoms with Crippen LogP contribution in [0.4, 0.5) is 11.4 Å². The standard InChI is InChI=1S/C22H19N3O4/c1-25(18-6-4-3-5-7-18)21(27)16-12-13-23-19(14-16)20(26)24-17-10-8-15(9-11-17)22(28)29-2/h3-14H,1-2H3,(H,24,26). The smallest absolute Gasteiger partial charge is 0.337 e. The van der Waals surface area contributed by atoms with Gasteiger partial charge in [-0.1, -0.05) is 18.2 Å². The summed E-state index contributed by atoms with van der Waals surface area (Å²) < 4.78 is 4.64. The van der Waals surface area contributed by atoms with Gasteiger partial charge in [-0.25, -0.2) is 4.79 Å². The maximum Gasteiger partial charge on any atom is 0.337 e. The lowest BCUT2D eigenvalue weighted by Gasteiger charge is -2.17. The van der Waals surface area contributed by atoms with Crippen LogP contribution in [0.3, 0.4) is 0 Å². The number of pyridine rings is 1. The fraction of sp³-hybridized carbons (Fsp3) is 0.0909. The second-order valence-corrected chi connectivity index (χ2v) is 6.15. The van der Waals surface area contributed by atoms with Crippen LogP contribution in [0.2, 0.25) is 0 Å². The first-order valence-electron chi connectivity index (χ1n) is 8.78. The lowest BCUT2D eigenvalue weighted by atomic mass is 10.1. The quantitative estimate of drug-likeness (QED) is 0.676. The van der Waals surface area contributed by atoms with Crippen LogP contribution in [-0.4, -0.2) is 36.9 Å². The highest BCUT2D eigenvalue weighted by atomic mass is 16.5. The molecular weight excluding hydrogens is 370 g/mol. The number of methoxy groups -OCH3 is 1. The first-order valence-corrected chi connectivity index (χ1v) is 8.78. The van der Waals surface area contributed by atoms with E-state index in [2.05, 4.69) is 15.0 Å². The summed E-state index contributed by atoms with van der Waals surface area (Å²) in [5, 5.41) is 2.69. The van der Waals surface area contributed by atoms with E-state index in [1.165, 1.54) is 24.3 Å². The highest BCUT2D eigenvalue weighted by Crippen LogP contribution is 2.16. The van der Waals surface area contributed by atoms with Crippen molar-refractivity contribution in [1.29, 1.82) is 0 Å². The number of nitrogens with one attached hydrogen (secondary N) is 1. The molecule has 1 N–H and O–H groups in total. The van der Waals surface area contributed by atoms with Crippen LogP contribution in [0.15, 0.2) is 72.9 Å². The molecular formula is C22H19N3O4. The average molecular weight is 389 g/mol. The van der Waals surface area contributed by atoms with Crippen molar-refractivity contribution in [3.05, 3.63) is 89.7 Å². The van der Waals surface area contributed by atoms with Crippen LogP contribution < -0.4 is 10.2 Å². The molecule has 0 radical (unpaired) electrons. The number of benzene rings is 2. The molecule has 3 aromatic rings. The Morgan fingerprint density at radius 3 is 2.28 bits per heavy atom. The Morgan fingerprint density at radius 1 is 0.931 bits per heavy atom. The fourth-order valence-corrected chi connectivity index (χ4v) is 2.65. The molecule has 0 saturated carbocycles. The van der Waals surface area contributed by atoms with Gasteiger partial charge in [0.15, 0.2) is 0 Å². The topological polar surface area (TPSA) is 88.6 Å². The number of rotatable bonds is 5. The van der Waals surface area contributed by atoms with Crippen molar-refractivity contribution in [2.24, 2.45) is 0 Å². The molecule has 1 aromatic heterocycles. The van der Waals surface area contributed by atoms with Crippen LogP contribution in [0.25, 0.3) is 0 Å². The number of amides is 2. The monoisotopic (exact) mass is 389 g/mol. The molecule has 1 heterocycles. The summed E-state index contributed by atoms with van der Waals surface area (Å²) in [5.41, 5.74) is 2.06. The number of ether oxygens (including phenoxy) is 1. The zero-order valence-corrected chi connectivity index (χ0v) is 16.0. The van der Waals surface area contributed by atoms with Gasteiger partial charge in [0.2, 0.25) is 0 Å². The third-order valence-electron chi connectivity index (χ3n) is 4.25. The van der Waals surface area contributed by atoms with Crippen LogP contribution in [0, 0.1) is 0 Å². The average Bonchev–Trinajstić information content (AvgIpc) is 2.78. The molecule has 0 aliphatic carbocycles. The van der Waals surface area contributed by atoms with E-state index >= 15 is 0 Å². The first-order chi connectivity index (χ1) is 14.0. The van der Waals surface area contributed by atoms with E-state index in [1.807, 2.05) is 30.3 Å². The normalized spacial score (nSPS) is 10.1. The molecule has 3 rings (SSSR count). The number of hydrogen-bond donors (Lipinski definition) is 1. The highest BCUT2D eigenvalue weighted by molar-refractivity contribution is 6.08. The molecule has 2 amide bonds. The summed E-state index contributed by atoms with van der Waals surface area (Å²) in [7, 11) is 2.97. The Kier molecular flexibility index (Phi) is 5.99. The number of aromatic nitrogens is 1. The van der Waals surface area contributed by atoms with Gasteiger partial charge in [-0.2, -0.15) is 0 Å². The Balaban J connectivity index is 1.74. The Bertz CT molecular complexity index is 1030. The minimum absolute atomic E-state index is 0.106. The molecule has 0 saturated heterocycles. The van der Waals surface area contributed by atoms with Gasteiger partial charge in [0.25, 0.3) is 11.8 Å². The zero-order valence-electron chi connectivity index (χ0n) is 16.0. The molecule has 0 aliphatic rings. The largest absolute Gasteiger partial charge is 0.465 e. The second-order valence-electron chi connectivity index (χ2n) is 6.15. The van der Waals surface area contributed by atoms with Crippen molar-refractivity contribution in [1.82, 2.24) is 4.98 Å². The Hall–Kier alpha value is -4.00. The number of anilines is 2. The molecule has 0 fully saturated rings. The van der Waals surface area contributed by atoms with Crippen molar-refractivity contribution in [2.75, 3.05) is 24.4 Å². The van der Waals surface area contributed by atoms with Crippen molar-refractivity contribution in [2.45, 2.75) is 0 Å². The van der Waals surface area contributed by atoms with Crippen LogP contribution in [-0.2, 0) is 4.74 Å². The molecule has 146 valence electrons. The second kappa shape index (κ2) is 8.79. The lowest BCUT2D eigenvalue weighted by molar-refractivity contribution is 0.0600. The van der Waals surface area contributed by atoms with Crippen molar-refractivity contribution in [3.8, 4) is 0 Å². The van der Waals surface area contributed by atoms with Gasteiger partial charge in [0.1, 0.15) is 5.69 Å². The summed E-state index contributed by atoms with van der Waals surface area (Å²) in [6.07, 6.45) is 1.42. The number of esters is 1. The van der Waals surface area contributed by atoms with Crippen LogP contribution in [0.1, 0.15) is 31.2 Å². The van der Waals surface area contributed by atoms with E-state index < -0.39 is 11.9 Å². The molecule has 0 bridgehead atoms. The van der Waals surface area contributed by atoms with Crippen molar-refractivity contribution in [3.63, 3.8) is 0 Å². The van der Waals surface area contributed by atoms with Gasteiger partial charge in [-0.05, 0) is 48.5 Å². The summed E-state index contributed by atoms with van der Waals surface area (Å²) in [4.78, 5) is 42.3. The minimum atomic E-state index is -0.465. The molecule has 0 aliphatic heterocycles. The van der Waals surface area contributed by atoms with Crippen molar-refractivity contribution >= 4 is 29.2 Å². The summed E-state index contributed by atoms with van der Waals surface area (Å²) in [6.45, 7) is 0. The van der Waals surface area contributed by atoms with E-state index in [1.54, 1.807) is 37.4 Å². The maximum atomic E-state index is 12.7. The van der Waals surface area contributed by atoms with Gasteiger partial charge >= 0.3 is 5.97 Å². The number of para-hydroxylation sites is 1. The molecule has 7 heteroatoms. The Labute approximate surface area is 167 Å². The number of nitrogens with zero attached hydrogens (tertiary/aromatic N) is 2. The van der Waals surface area contributed by atoms with Crippen LogP contribution in [0.5, 0.6) is 0 Å². The zero-order chi connectivity index (χ0) is 20.8. The van der Waals surface area contributed by atoms with E-state index in [0.717, 1.165) is 5.69 Å². The molecule has 29 heavy (non-hydrogen) atoms. The fourth-order valence-electron chi connectivity index (χ4n) is 2.65. The number of carbonyl (C=O) groups excluding carboxylic acids is 3. The van der Waals surface area contributed by atoms with E-state index in [0.29, 0.717) is 16.8 Å². The third-order valence-corrected chi connectivity index (χ3v) is 4.25. The van der Waals surface area contributed by atoms with Gasteiger partial charge in [-0.15, -0.1) is 0 Å². The minimum Gasteiger partial charge on any atom is -0.465 e. The lowest BCUT2D eigenvalue weighted by Crippen LogP contribution is -2.26. The molecule has 7 nitrogen and oxygen atoms in total. The van der Waals surface area contributed by atoms with Crippen LogP contribution >= 0.6 is 0 Å². The molecule has 2 aromatic carbocycles. The summed E-state index contributed by atoms with van der Waals surface area (Å²) in [5.74, 6) is -1.18. The maximum absolute atomic E-state index is 12.7. The third kappa shape index (κ3) is 4.65. The predicted molar refractivity (Wildman–Crippen MR) is 109 cm³/mol. The van der Waals surface area contributed by atoms with Gasteiger partial charge < -0.3 is 15.0 Å². The highest BCUT2D eigenvalue weighted by Gasteiger charge is 2.16. The summed E-state index contributed by atoms with van der Waals surface area (Å²) in [6, 6.07) is 18.5. The first kappa shape index (κ1) is 19.8. The van der Waals surface area contributed by atoms with E-state index in [-0.39, 0.29) is 11.6 Å². The van der Waals surface area contributed by atoms with Gasteiger partial charge in [-0.3, -0.25) is 14.6 Å². The molecule has 0 atom stereocenters. The van der Waals surface area contributed by atoms with E-state index in [4.69, 9.17) is 0 Å². The van der Waals surface area contributed by atoms with Gasteiger partial charge in [0, 0.05) is 30.2 Å². The van der Waals surface area contributed by atoms with Crippen molar-refractivity contribution < 1.29 is 19.1 Å². The SMILES string of the molecule is COC(=O)c1ccc(NC(=O)c2cc(C(=O)N(C)c3ccccc3)ccn2)cc1. The Morgan fingerprint density at radius 2 is 1.62 bits per heavy atom. The van der Waals surface area contributed by atoms with E-state index in [9.17, 15) is 14.4 Å². The number of carbonyl (C=O) groups is 3. The molecule has 0 unspecified atom stereocenters. The summed E-state index contributed by atoms with van der Waals surface area (Å²) >= 11 is 0. The predicted octanol–water partition coefficient (Wildman–Crippen LogP) is 3.40. The molecule has 0 spiro atoms. The number of hydrogen-bond acceptors (Lipinski definition) is 5. The van der Waals surface area contributed by atoms with Gasteiger partial charge in [0.05, 0.1) is 12.7 Å².